The first-order valence-corrected chi connectivity index (χ1v) is 15.4. The number of esters is 1. The van der Waals surface area contributed by atoms with E-state index in [1.54, 1.807) is 49.5 Å². The van der Waals surface area contributed by atoms with E-state index in [1.807, 2.05) is 13.8 Å². The zero-order valence-corrected chi connectivity index (χ0v) is 26.6. The van der Waals surface area contributed by atoms with E-state index in [9.17, 15) is 35.1 Å². The van der Waals surface area contributed by atoms with E-state index in [2.05, 4.69) is 0 Å². The van der Waals surface area contributed by atoms with Crippen LogP contribution in [0.15, 0.2) is 71.4 Å². The molecule has 0 aromatic rings. The summed E-state index contributed by atoms with van der Waals surface area (Å²) in [7, 11) is 0. The molecule has 1 aliphatic carbocycles. The molecule has 1 saturated heterocycles. The van der Waals surface area contributed by atoms with Crippen molar-refractivity contribution in [3.63, 3.8) is 0 Å². The van der Waals surface area contributed by atoms with Crippen LogP contribution in [-0.2, 0) is 19.1 Å². The van der Waals surface area contributed by atoms with Crippen LogP contribution >= 0.6 is 23.2 Å². The third-order valence-electron chi connectivity index (χ3n) is 7.62. The predicted molar refractivity (Wildman–Crippen MR) is 167 cm³/mol. The van der Waals surface area contributed by atoms with Gasteiger partial charge in [0.15, 0.2) is 5.79 Å². The summed E-state index contributed by atoms with van der Waals surface area (Å²) >= 11 is 12.6. The smallest absolute Gasteiger partial charge is 0.331 e. The van der Waals surface area contributed by atoms with Crippen LogP contribution in [0.4, 0.5) is 0 Å². The van der Waals surface area contributed by atoms with Gasteiger partial charge in [0, 0.05) is 29.9 Å². The molecule has 6 N–H and O–H groups in total. The van der Waals surface area contributed by atoms with Gasteiger partial charge in [-0.2, -0.15) is 0 Å². The number of alkyl halides is 1. The van der Waals surface area contributed by atoms with Crippen LogP contribution in [0, 0.1) is 11.8 Å². The fourth-order valence-electron chi connectivity index (χ4n) is 4.85. The average Bonchev–Trinajstić information content (AvgIpc) is 2.98. The highest BCUT2D eigenvalue weighted by atomic mass is 35.5. The summed E-state index contributed by atoms with van der Waals surface area (Å²) in [6.07, 6.45) is 9.83. The number of hydrogen-bond donors (Lipinski definition) is 6. The van der Waals surface area contributed by atoms with E-state index in [1.165, 1.54) is 18.2 Å². The SMILES string of the molecule is CC/C=C/C1OC(O)(C(O)C(O)C(C)/C(Cl)=C/C=C/C=C(C)/C=C/C=C/C(=O)O[C@@H]2C[C@@H](C(=O)O)CC[C@@H]2O)CC(O)C1Cl. The number of aliphatic carboxylic acids is 1. The van der Waals surface area contributed by atoms with Crippen molar-refractivity contribution in [1.29, 1.82) is 0 Å². The lowest BCUT2D eigenvalue weighted by Crippen LogP contribution is -2.61. The number of aliphatic hydroxyl groups excluding tert-OH is 4. The quantitative estimate of drug-likeness (QED) is 0.0563. The van der Waals surface area contributed by atoms with Crippen molar-refractivity contribution < 1.29 is 49.7 Å². The molecule has 0 amide bonds. The van der Waals surface area contributed by atoms with Crippen molar-refractivity contribution >= 4 is 35.1 Å². The minimum atomic E-state index is -2.24. The van der Waals surface area contributed by atoms with Gasteiger partial charge in [0.05, 0.1) is 35.7 Å². The molecule has 2 aliphatic rings. The summed E-state index contributed by atoms with van der Waals surface area (Å²) in [5.74, 6) is -5.33. The standard InChI is InChI=1S/C32H44Cl2O10/c1-4-5-13-25-28(34)24(36)18-32(42,44-25)30(39)29(38)20(3)22(33)12-8-6-10-19(2)11-7-9-14-27(37)43-26-17-21(31(40)41)15-16-23(26)35/h5-14,20-21,23-26,28-30,35-36,38-39,42H,4,15-18H2,1-3H3,(H,40,41)/b8-6+,11-7+,13-5+,14-9+,19-10+,22-12-/t20?,21-,23-,24?,25?,26+,28?,29?,30?,32?/m0/s1. The van der Waals surface area contributed by atoms with E-state index >= 15 is 0 Å². The first-order valence-electron chi connectivity index (χ1n) is 14.6. The fraction of sp³-hybridized carbons (Fsp3) is 0.562. The van der Waals surface area contributed by atoms with Crippen molar-refractivity contribution in [2.45, 2.75) is 101 Å². The minimum Gasteiger partial charge on any atom is -0.481 e. The maximum Gasteiger partial charge on any atom is 0.331 e. The number of aliphatic hydroxyl groups is 5. The van der Waals surface area contributed by atoms with Crippen molar-refractivity contribution in [3.05, 3.63) is 71.4 Å². The highest BCUT2D eigenvalue weighted by molar-refractivity contribution is 6.30. The molecule has 246 valence electrons. The lowest BCUT2D eigenvalue weighted by molar-refractivity contribution is -0.316. The number of carbonyl (C=O) groups excluding carboxylic acids is 1. The van der Waals surface area contributed by atoms with Crippen LogP contribution < -0.4 is 0 Å². The van der Waals surface area contributed by atoms with Crippen molar-refractivity contribution in [2.75, 3.05) is 0 Å². The molecule has 0 aromatic heterocycles. The molecule has 12 heteroatoms. The highest BCUT2D eigenvalue weighted by Crippen LogP contribution is 2.36. The van der Waals surface area contributed by atoms with Crippen LogP contribution in [-0.4, -0.2) is 90.4 Å². The molecule has 0 aromatic carbocycles. The molecule has 0 spiro atoms. The summed E-state index contributed by atoms with van der Waals surface area (Å²) in [4.78, 5) is 23.2. The van der Waals surface area contributed by atoms with E-state index in [0.29, 0.717) is 12.8 Å². The van der Waals surface area contributed by atoms with Crippen LogP contribution in [0.1, 0.15) is 52.9 Å². The number of carboxylic acid groups (broad SMARTS) is 1. The van der Waals surface area contributed by atoms with Gasteiger partial charge in [-0.15, -0.1) is 11.6 Å². The Morgan fingerprint density at radius 2 is 1.73 bits per heavy atom. The number of rotatable bonds is 13. The molecular weight excluding hydrogens is 615 g/mol. The first kappa shape index (κ1) is 37.9. The van der Waals surface area contributed by atoms with Crippen molar-refractivity contribution in [1.82, 2.24) is 0 Å². The van der Waals surface area contributed by atoms with Gasteiger partial charge in [0.2, 0.25) is 0 Å². The van der Waals surface area contributed by atoms with E-state index in [-0.39, 0.29) is 17.9 Å². The maximum atomic E-state index is 12.1. The Morgan fingerprint density at radius 1 is 1.07 bits per heavy atom. The second-order valence-corrected chi connectivity index (χ2v) is 12.1. The molecule has 10 nitrogen and oxygen atoms in total. The monoisotopic (exact) mass is 658 g/mol. The van der Waals surface area contributed by atoms with Crippen LogP contribution in [0.3, 0.4) is 0 Å². The van der Waals surface area contributed by atoms with Gasteiger partial charge in [0.25, 0.3) is 0 Å². The van der Waals surface area contributed by atoms with Crippen LogP contribution in [0.2, 0.25) is 0 Å². The molecule has 10 atom stereocenters. The van der Waals surface area contributed by atoms with Gasteiger partial charge < -0.3 is 40.1 Å². The van der Waals surface area contributed by atoms with Crippen molar-refractivity contribution in [2.24, 2.45) is 11.8 Å². The number of halogens is 2. The second kappa shape index (κ2) is 18.0. The van der Waals surface area contributed by atoms with Crippen molar-refractivity contribution in [3.8, 4) is 0 Å². The Balaban J connectivity index is 1.90. The highest BCUT2D eigenvalue weighted by Gasteiger charge is 2.51. The molecule has 2 rings (SSSR count). The minimum absolute atomic E-state index is 0.0734. The summed E-state index contributed by atoms with van der Waals surface area (Å²) in [6, 6.07) is 0. The lowest BCUT2D eigenvalue weighted by atomic mass is 9.85. The molecular formula is C32H44Cl2O10. The molecule has 0 bridgehead atoms. The molecule has 1 saturated carbocycles. The van der Waals surface area contributed by atoms with Crippen LogP contribution in [0.5, 0.6) is 0 Å². The maximum absolute atomic E-state index is 12.1. The number of hydrogen-bond acceptors (Lipinski definition) is 9. The Morgan fingerprint density at radius 3 is 2.39 bits per heavy atom. The Bertz CT molecular complexity index is 1150. The zero-order valence-electron chi connectivity index (χ0n) is 25.1. The third kappa shape index (κ3) is 11.3. The molecule has 1 heterocycles. The molecule has 7 unspecified atom stereocenters. The van der Waals surface area contributed by atoms with Gasteiger partial charge >= 0.3 is 11.9 Å². The number of carbonyl (C=O) groups is 2. The largest absolute Gasteiger partial charge is 0.481 e. The summed E-state index contributed by atoms with van der Waals surface area (Å²) in [6.45, 7) is 5.29. The number of ether oxygens (including phenoxy) is 2. The average molecular weight is 660 g/mol. The van der Waals surface area contributed by atoms with Gasteiger partial charge in [-0.25, -0.2) is 4.79 Å². The molecule has 1 aliphatic heterocycles. The molecule has 44 heavy (non-hydrogen) atoms. The van der Waals surface area contributed by atoms with Gasteiger partial charge in [-0.3, -0.25) is 4.79 Å². The van der Waals surface area contributed by atoms with E-state index in [0.717, 1.165) is 5.57 Å². The normalized spacial score (nSPS) is 32.9. The predicted octanol–water partition coefficient (Wildman–Crippen LogP) is 3.65. The van der Waals surface area contributed by atoms with Gasteiger partial charge in [0.1, 0.15) is 12.2 Å². The van der Waals surface area contributed by atoms with E-state index < -0.39 is 78.0 Å². The van der Waals surface area contributed by atoms with E-state index in [4.69, 9.17) is 37.8 Å². The summed E-state index contributed by atoms with van der Waals surface area (Å²) in [5, 5.41) is 61.4. The topological polar surface area (TPSA) is 174 Å². The Kier molecular flexibility index (Phi) is 15.5. The van der Waals surface area contributed by atoms with Crippen LogP contribution in [0.25, 0.3) is 0 Å². The van der Waals surface area contributed by atoms with Gasteiger partial charge in [-0.05, 0) is 32.3 Å². The molecule has 0 radical (unpaired) electrons. The fourth-order valence-corrected chi connectivity index (χ4v) is 5.27. The Hall–Kier alpha value is -2.28. The first-order chi connectivity index (χ1) is 20.7. The van der Waals surface area contributed by atoms with Gasteiger partial charge in [-0.1, -0.05) is 79.6 Å². The number of allylic oxidation sites excluding steroid dienone is 9. The second-order valence-electron chi connectivity index (χ2n) is 11.2. The summed E-state index contributed by atoms with van der Waals surface area (Å²) < 4.78 is 10.8. The Labute approximate surface area is 268 Å². The molecule has 2 fully saturated rings. The summed E-state index contributed by atoms with van der Waals surface area (Å²) in [5.41, 5.74) is 0.818. The lowest BCUT2D eigenvalue weighted by Gasteiger charge is -2.45. The number of carboxylic acids is 1. The zero-order chi connectivity index (χ0) is 33.0. The third-order valence-corrected chi connectivity index (χ3v) is 8.63.